The van der Waals surface area contributed by atoms with Crippen LogP contribution < -0.4 is 0 Å². The Hall–Kier alpha value is -1.96. The van der Waals surface area contributed by atoms with Crippen LogP contribution in [0.3, 0.4) is 0 Å². The molecule has 0 saturated carbocycles. The first-order valence-electron chi connectivity index (χ1n) is 5.95. The summed E-state index contributed by atoms with van der Waals surface area (Å²) in [5, 5.41) is 10.8. The van der Waals surface area contributed by atoms with Crippen molar-refractivity contribution in [1.29, 1.82) is 0 Å². The molecule has 0 saturated heterocycles. The predicted molar refractivity (Wildman–Crippen MR) is 67.7 cm³/mol. The molecule has 0 spiro atoms. The van der Waals surface area contributed by atoms with Gasteiger partial charge in [0.2, 0.25) is 0 Å². The number of carbonyl (C=O) groups is 1. The van der Waals surface area contributed by atoms with Crippen molar-refractivity contribution in [1.82, 2.24) is 14.5 Å². The number of nitro groups is 1. The summed E-state index contributed by atoms with van der Waals surface area (Å²) >= 11 is 0. The first kappa shape index (κ1) is 15.1. The molecule has 0 unspecified atom stereocenters. The Morgan fingerprint density at radius 3 is 2.84 bits per heavy atom. The number of nitrogens with zero attached hydrogens (tertiary/aromatic N) is 4. The summed E-state index contributed by atoms with van der Waals surface area (Å²) in [4.78, 5) is 27.3. The van der Waals surface area contributed by atoms with E-state index in [0.29, 0.717) is 25.5 Å². The summed E-state index contributed by atoms with van der Waals surface area (Å²) in [7, 11) is 1.33. The van der Waals surface area contributed by atoms with Crippen LogP contribution in [0.4, 0.5) is 5.82 Å². The number of methoxy groups -OCH3 is 1. The second-order valence-electron chi connectivity index (χ2n) is 4.02. The molecule has 0 aliphatic carbocycles. The third-order valence-corrected chi connectivity index (χ3v) is 2.89. The molecular formula is C11H18N4O4. The number of ether oxygens (including phenoxy) is 1. The van der Waals surface area contributed by atoms with E-state index in [1.165, 1.54) is 17.9 Å². The number of esters is 1. The van der Waals surface area contributed by atoms with Gasteiger partial charge >= 0.3 is 11.8 Å². The van der Waals surface area contributed by atoms with Gasteiger partial charge in [-0.1, -0.05) is 6.92 Å². The highest BCUT2D eigenvalue weighted by Crippen LogP contribution is 2.13. The van der Waals surface area contributed by atoms with Gasteiger partial charge in [-0.05, 0) is 11.5 Å². The van der Waals surface area contributed by atoms with Gasteiger partial charge in [0.05, 0.1) is 13.7 Å². The molecule has 0 atom stereocenters. The molecule has 0 amide bonds. The number of aromatic nitrogens is 2. The van der Waals surface area contributed by atoms with Crippen molar-refractivity contribution in [3.63, 3.8) is 0 Å². The van der Waals surface area contributed by atoms with Crippen LogP contribution in [-0.4, -0.2) is 52.1 Å². The summed E-state index contributed by atoms with van der Waals surface area (Å²) in [5.41, 5.74) is 0. The fourth-order valence-electron chi connectivity index (χ4n) is 1.72. The highest BCUT2D eigenvalue weighted by atomic mass is 16.6. The van der Waals surface area contributed by atoms with Crippen LogP contribution in [0.25, 0.3) is 0 Å². The molecule has 19 heavy (non-hydrogen) atoms. The van der Waals surface area contributed by atoms with Gasteiger partial charge in [0.25, 0.3) is 0 Å². The standard InChI is InChI=1S/C11H18N4O4/c1-4-13(8-11(16)19-3)5-6-14-9(2)12-7-10(14)15(17)18/h7H,4-6,8H2,1-3H3. The Morgan fingerprint density at radius 1 is 1.63 bits per heavy atom. The zero-order valence-corrected chi connectivity index (χ0v) is 11.3. The van der Waals surface area contributed by atoms with E-state index in [1.54, 1.807) is 6.92 Å². The number of rotatable bonds is 7. The van der Waals surface area contributed by atoms with Crippen molar-refractivity contribution >= 4 is 11.8 Å². The summed E-state index contributed by atoms with van der Waals surface area (Å²) in [5.74, 6) is 0.228. The second-order valence-corrected chi connectivity index (χ2v) is 4.02. The minimum atomic E-state index is -0.462. The first-order valence-corrected chi connectivity index (χ1v) is 5.95. The van der Waals surface area contributed by atoms with Gasteiger partial charge in [0, 0.05) is 13.5 Å². The minimum Gasteiger partial charge on any atom is -0.468 e. The molecule has 0 fully saturated rings. The molecule has 0 N–H and O–H groups in total. The molecule has 1 heterocycles. The van der Waals surface area contributed by atoms with Crippen molar-refractivity contribution in [2.24, 2.45) is 0 Å². The Labute approximate surface area is 111 Å². The lowest BCUT2D eigenvalue weighted by Crippen LogP contribution is -2.33. The Kier molecular flexibility index (Phi) is 5.43. The number of hydrogen-bond donors (Lipinski definition) is 0. The van der Waals surface area contributed by atoms with E-state index in [9.17, 15) is 14.9 Å². The highest BCUT2D eigenvalue weighted by Gasteiger charge is 2.18. The van der Waals surface area contributed by atoms with Crippen LogP contribution in [0.1, 0.15) is 12.7 Å². The van der Waals surface area contributed by atoms with Crippen molar-refractivity contribution in [2.75, 3.05) is 26.7 Å². The molecular weight excluding hydrogens is 252 g/mol. The first-order chi connectivity index (χ1) is 8.99. The number of carbonyl (C=O) groups excluding carboxylic acids is 1. The molecule has 0 aliphatic heterocycles. The van der Waals surface area contributed by atoms with Crippen LogP contribution in [0.5, 0.6) is 0 Å². The Bertz CT molecular complexity index is 458. The van der Waals surface area contributed by atoms with Crippen molar-refractivity contribution < 1.29 is 14.5 Å². The van der Waals surface area contributed by atoms with Crippen LogP contribution >= 0.6 is 0 Å². The number of imidazole rings is 1. The molecule has 0 radical (unpaired) electrons. The van der Waals surface area contributed by atoms with Gasteiger partial charge in [0.1, 0.15) is 12.7 Å². The summed E-state index contributed by atoms with van der Waals surface area (Å²) in [6.07, 6.45) is 1.24. The number of hydrogen-bond acceptors (Lipinski definition) is 6. The van der Waals surface area contributed by atoms with Crippen LogP contribution in [-0.2, 0) is 16.1 Å². The summed E-state index contributed by atoms with van der Waals surface area (Å²) < 4.78 is 6.12. The molecule has 1 aromatic rings. The van der Waals surface area contributed by atoms with E-state index in [1.807, 2.05) is 11.8 Å². The third-order valence-electron chi connectivity index (χ3n) is 2.89. The lowest BCUT2D eigenvalue weighted by Gasteiger charge is -2.17. The van der Waals surface area contributed by atoms with Crippen molar-refractivity contribution in [3.8, 4) is 0 Å². The topological polar surface area (TPSA) is 90.5 Å². The zero-order chi connectivity index (χ0) is 14.4. The maximum Gasteiger partial charge on any atom is 0.342 e. The lowest BCUT2D eigenvalue weighted by molar-refractivity contribution is -0.392. The van der Waals surface area contributed by atoms with E-state index in [-0.39, 0.29) is 18.3 Å². The summed E-state index contributed by atoms with van der Waals surface area (Å²) in [6.45, 7) is 5.39. The smallest absolute Gasteiger partial charge is 0.342 e. The van der Waals surface area contributed by atoms with Crippen LogP contribution in [0, 0.1) is 17.0 Å². The van der Waals surface area contributed by atoms with Crippen molar-refractivity contribution in [2.45, 2.75) is 20.4 Å². The molecule has 1 rings (SSSR count). The van der Waals surface area contributed by atoms with Crippen LogP contribution in [0.15, 0.2) is 6.20 Å². The normalized spacial score (nSPS) is 10.7. The molecule has 8 nitrogen and oxygen atoms in total. The zero-order valence-electron chi connectivity index (χ0n) is 11.3. The highest BCUT2D eigenvalue weighted by molar-refractivity contribution is 5.71. The molecule has 106 valence electrons. The molecule has 1 aromatic heterocycles. The second kappa shape index (κ2) is 6.83. The van der Waals surface area contributed by atoms with Crippen LogP contribution in [0.2, 0.25) is 0 Å². The quantitative estimate of drug-likeness (QED) is 0.409. The molecule has 0 aromatic carbocycles. The van der Waals surface area contributed by atoms with E-state index in [2.05, 4.69) is 9.72 Å². The van der Waals surface area contributed by atoms with E-state index >= 15 is 0 Å². The average Bonchev–Trinajstić information content (AvgIpc) is 2.75. The van der Waals surface area contributed by atoms with Crippen molar-refractivity contribution in [3.05, 3.63) is 22.1 Å². The average molecular weight is 270 g/mol. The number of likely N-dealkylation sites (N-methyl/N-ethyl adjacent to an activating group) is 1. The van der Waals surface area contributed by atoms with E-state index in [4.69, 9.17) is 0 Å². The predicted octanol–water partition coefficient (Wildman–Crippen LogP) is 0.595. The summed E-state index contributed by atoms with van der Waals surface area (Å²) in [6, 6.07) is 0. The number of aryl methyl sites for hydroxylation is 1. The molecule has 8 heteroatoms. The van der Waals surface area contributed by atoms with Gasteiger partial charge in [0.15, 0.2) is 5.82 Å². The largest absolute Gasteiger partial charge is 0.468 e. The van der Waals surface area contributed by atoms with Gasteiger partial charge in [-0.25, -0.2) is 9.55 Å². The Balaban J connectivity index is 2.67. The Morgan fingerprint density at radius 2 is 2.32 bits per heavy atom. The lowest BCUT2D eigenvalue weighted by atomic mass is 10.4. The van der Waals surface area contributed by atoms with E-state index in [0.717, 1.165) is 0 Å². The van der Waals surface area contributed by atoms with Gasteiger partial charge in [-0.2, -0.15) is 0 Å². The SMILES string of the molecule is CCN(CCn1c([N+](=O)[O-])cnc1C)CC(=O)OC. The van der Waals surface area contributed by atoms with Gasteiger partial charge < -0.3 is 14.9 Å². The minimum absolute atomic E-state index is 0.0355. The maximum atomic E-state index is 11.2. The fraction of sp³-hybridized carbons (Fsp3) is 0.636. The third kappa shape index (κ3) is 4.02. The monoisotopic (exact) mass is 270 g/mol. The van der Waals surface area contributed by atoms with Gasteiger partial charge in [-0.15, -0.1) is 0 Å². The van der Waals surface area contributed by atoms with Gasteiger partial charge in [-0.3, -0.25) is 9.69 Å². The molecule has 0 aliphatic rings. The fourth-order valence-corrected chi connectivity index (χ4v) is 1.72. The molecule has 0 bridgehead atoms. The maximum absolute atomic E-state index is 11.2. The van der Waals surface area contributed by atoms with E-state index < -0.39 is 4.92 Å².